The average Bonchev–Trinajstić information content (AvgIpc) is 3.32. The summed E-state index contributed by atoms with van der Waals surface area (Å²) in [7, 11) is 3.98. The van der Waals surface area contributed by atoms with E-state index in [-0.39, 0.29) is 0 Å². The van der Waals surface area contributed by atoms with Crippen LogP contribution in [0.5, 0.6) is 0 Å². The van der Waals surface area contributed by atoms with Crippen molar-refractivity contribution in [2.24, 2.45) is 0 Å². The van der Waals surface area contributed by atoms with Crippen LogP contribution in [0.2, 0.25) is 0 Å². The second-order valence-corrected chi connectivity index (χ2v) is 8.37. The third kappa shape index (κ3) is 3.55. The van der Waals surface area contributed by atoms with Gasteiger partial charge in [-0.25, -0.2) is 15.0 Å². The monoisotopic (exact) mass is 392 g/mol. The lowest BCUT2D eigenvalue weighted by molar-refractivity contribution is 0.223. The van der Waals surface area contributed by atoms with Crippen molar-refractivity contribution in [2.45, 2.75) is 52.1 Å². The molecule has 0 aromatic carbocycles. The molecule has 2 aliphatic rings. The molecule has 1 N–H and O–H groups in total. The highest BCUT2D eigenvalue weighted by atomic mass is 16.3. The van der Waals surface area contributed by atoms with E-state index in [0.29, 0.717) is 0 Å². The highest BCUT2D eigenvalue weighted by molar-refractivity contribution is 5.61. The molecule has 4 heterocycles. The number of furan rings is 1. The van der Waals surface area contributed by atoms with Gasteiger partial charge in [0.25, 0.3) is 0 Å². The first-order valence-electron chi connectivity index (χ1n) is 10.5. The van der Waals surface area contributed by atoms with Crippen LogP contribution in [0, 0.1) is 6.92 Å². The second kappa shape index (κ2) is 7.30. The van der Waals surface area contributed by atoms with Crippen LogP contribution < -0.4 is 4.90 Å². The van der Waals surface area contributed by atoms with Gasteiger partial charge in [-0.15, -0.1) is 0 Å². The number of fused-ring (bicyclic) bond motifs is 2. The number of imidazole rings is 1. The summed E-state index contributed by atoms with van der Waals surface area (Å²) in [6.07, 6.45) is 5.43. The lowest BCUT2D eigenvalue weighted by atomic mass is 9.94. The van der Waals surface area contributed by atoms with Crippen LogP contribution in [0.4, 0.5) is 5.95 Å². The summed E-state index contributed by atoms with van der Waals surface area (Å²) >= 11 is 0. The Kier molecular flexibility index (Phi) is 4.62. The number of nitrogens with zero attached hydrogens (tertiary/aromatic N) is 5. The average molecular weight is 393 g/mol. The van der Waals surface area contributed by atoms with Crippen LogP contribution in [0.1, 0.15) is 47.1 Å². The van der Waals surface area contributed by atoms with E-state index in [4.69, 9.17) is 14.4 Å². The van der Waals surface area contributed by atoms with Crippen LogP contribution >= 0.6 is 0 Å². The molecule has 5 rings (SSSR count). The van der Waals surface area contributed by atoms with Crippen LogP contribution in [0.25, 0.3) is 11.5 Å². The molecule has 7 heteroatoms. The molecule has 3 aromatic heterocycles. The number of aromatic amines is 1. The minimum absolute atomic E-state index is 0.761. The van der Waals surface area contributed by atoms with Gasteiger partial charge in [0.15, 0.2) is 5.76 Å². The lowest BCUT2D eigenvalue weighted by Crippen LogP contribution is -2.29. The van der Waals surface area contributed by atoms with Crippen molar-refractivity contribution in [1.82, 2.24) is 24.8 Å². The molecule has 0 spiro atoms. The number of hydrogen-bond donors (Lipinski definition) is 1. The van der Waals surface area contributed by atoms with E-state index in [1.807, 2.05) is 25.9 Å². The molecule has 0 fully saturated rings. The predicted octanol–water partition coefficient (Wildman–Crippen LogP) is 3.27. The van der Waals surface area contributed by atoms with Gasteiger partial charge in [-0.05, 0) is 44.7 Å². The Morgan fingerprint density at radius 2 is 1.93 bits per heavy atom. The fraction of sp³-hybridized carbons (Fsp3) is 0.500. The van der Waals surface area contributed by atoms with E-state index in [2.05, 4.69) is 27.0 Å². The van der Waals surface area contributed by atoms with Crippen molar-refractivity contribution in [3.63, 3.8) is 0 Å². The minimum Gasteiger partial charge on any atom is -0.458 e. The first-order chi connectivity index (χ1) is 14.1. The number of anilines is 1. The Labute approximate surface area is 171 Å². The van der Waals surface area contributed by atoms with Gasteiger partial charge >= 0.3 is 0 Å². The first-order valence-corrected chi connectivity index (χ1v) is 10.5. The van der Waals surface area contributed by atoms with Crippen molar-refractivity contribution in [2.75, 3.05) is 25.5 Å². The van der Waals surface area contributed by atoms with Gasteiger partial charge in [-0.2, -0.15) is 0 Å². The normalized spacial score (nSPS) is 16.5. The Morgan fingerprint density at radius 3 is 2.79 bits per heavy atom. The molecule has 0 saturated carbocycles. The van der Waals surface area contributed by atoms with Gasteiger partial charge in [0.2, 0.25) is 5.95 Å². The number of nitrogens with one attached hydrogen (secondary N) is 1. The molecular formula is C22H28N6O. The topological polar surface area (TPSA) is 74.1 Å². The fourth-order valence-corrected chi connectivity index (χ4v) is 4.42. The molecule has 1 aliphatic carbocycles. The largest absolute Gasteiger partial charge is 0.458 e. The number of aromatic nitrogens is 4. The maximum Gasteiger partial charge on any atom is 0.225 e. The summed E-state index contributed by atoms with van der Waals surface area (Å²) in [5.41, 5.74) is 5.86. The number of hydrogen-bond acceptors (Lipinski definition) is 6. The third-order valence-electron chi connectivity index (χ3n) is 5.88. The molecule has 3 aromatic rings. The van der Waals surface area contributed by atoms with Crippen molar-refractivity contribution in [3.05, 3.63) is 46.4 Å². The molecule has 0 bridgehead atoms. The van der Waals surface area contributed by atoms with E-state index < -0.39 is 0 Å². The quantitative estimate of drug-likeness (QED) is 0.735. The van der Waals surface area contributed by atoms with Gasteiger partial charge in [0, 0.05) is 44.9 Å². The molecule has 152 valence electrons. The third-order valence-corrected chi connectivity index (χ3v) is 5.88. The zero-order valence-electron chi connectivity index (χ0n) is 17.5. The van der Waals surface area contributed by atoms with E-state index in [9.17, 15) is 0 Å². The maximum absolute atomic E-state index is 6.29. The van der Waals surface area contributed by atoms with Crippen LogP contribution in [0.3, 0.4) is 0 Å². The van der Waals surface area contributed by atoms with Gasteiger partial charge < -0.3 is 14.3 Å². The standard InChI is InChI=1S/C22H28N6O/c1-14-23-18-10-11-28(13-19(18)24-14)12-15-8-9-20(29-15)21-16-6-4-5-7-17(16)25-22(26-21)27(2)3/h8-9H,4-7,10-13H2,1-3H3,(H,23,24). The molecule has 0 radical (unpaired) electrons. The smallest absolute Gasteiger partial charge is 0.225 e. The Morgan fingerprint density at radius 1 is 1.07 bits per heavy atom. The highest BCUT2D eigenvalue weighted by Crippen LogP contribution is 2.32. The van der Waals surface area contributed by atoms with Gasteiger partial charge in [-0.1, -0.05) is 0 Å². The molecule has 0 amide bonds. The predicted molar refractivity (Wildman–Crippen MR) is 112 cm³/mol. The Balaban J connectivity index is 1.40. The van der Waals surface area contributed by atoms with E-state index in [1.165, 1.54) is 35.5 Å². The highest BCUT2D eigenvalue weighted by Gasteiger charge is 2.23. The lowest BCUT2D eigenvalue weighted by Gasteiger charge is -2.24. The number of aryl methyl sites for hydroxylation is 2. The second-order valence-electron chi connectivity index (χ2n) is 8.37. The van der Waals surface area contributed by atoms with Crippen molar-refractivity contribution >= 4 is 5.95 Å². The van der Waals surface area contributed by atoms with E-state index in [1.54, 1.807) is 0 Å². The summed E-state index contributed by atoms with van der Waals surface area (Å²) < 4.78 is 6.29. The van der Waals surface area contributed by atoms with Crippen LogP contribution in [0.15, 0.2) is 16.5 Å². The van der Waals surface area contributed by atoms with Gasteiger partial charge in [0.1, 0.15) is 17.3 Å². The van der Waals surface area contributed by atoms with Crippen molar-refractivity contribution in [1.29, 1.82) is 0 Å². The van der Waals surface area contributed by atoms with Crippen molar-refractivity contribution in [3.8, 4) is 11.5 Å². The molecule has 7 nitrogen and oxygen atoms in total. The maximum atomic E-state index is 6.29. The van der Waals surface area contributed by atoms with Crippen molar-refractivity contribution < 1.29 is 4.42 Å². The fourth-order valence-electron chi connectivity index (χ4n) is 4.42. The minimum atomic E-state index is 0.761. The summed E-state index contributed by atoms with van der Waals surface area (Å²) in [6, 6.07) is 4.16. The molecule has 0 atom stereocenters. The molecule has 1 aliphatic heterocycles. The number of rotatable bonds is 4. The van der Waals surface area contributed by atoms with E-state index >= 15 is 0 Å². The van der Waals surface area contributed by atoms with Gasteiger partial charge in [0.05, 0.1) is 17.9 Å². The Bertz CT molecular complexity index is 1030. The number of H-pyrrole nitrogens is 1. The summed E-state index contributed by atoms with van der Waals surface area (Å²) in [5, 5.41) is 0. The van der Waals surface area contributed by atoms with Crippen LogP contribution in [-0.4, -0.2) is 45.5 Å². The van der Waals surface area contributed by atoms with E-state index in [0.717, 1.165) is 67.9 Å². The Hall–Kier alpha value is -2.67. The summed E-state index contributed by atoms with van der Waals surface area (Å²) in [4.78, 5) is 22.0. The zero-order valence-corrected chi connectivity index (χ0v) is 17.5. The summed E-state index contributed by atoms with van der Waals surface area (Å²) in [5.74, 6) is 3.60. The van der Waals surface area contributed by atoms with Crippen LogP contribution in [-0.2, 0) is 32.4 Å². The molecule has 0 unspecified atom stereocenters. The summed E-state index contributed by atoms with van der Waals surface area (Å²) in [6.45, 7) is 4.71. The SMILES string of the molecule is Cc1nc2c([nH]1)CN(Cc1ccc(-c3nc(N(C)C)nc4c3CCCC4)o1)CC2. The first kappa shape index (κ1) is 18.4. The zero-order chi connectivity index (χ0) is 20.0. The van der Waals surface area contributed by atoms with Gasteiger partial charge in [-0.3, -0.25) is 4.90 Å². The molecule has 0 saturated heterocycles. The molecule has 29 heavy (non-hydrogen) atoms. The molecular weight excluding hydrogens is 364 g/mol.